The van der Waals surface area contributed by atoms with Gasteiger partial charge < -0.3 is 10.1 Å². The highest BCUT2D eigenvalue weighted by Gasteiger charge is 2.09. The van der Waals surface area contributed by atoms with Crippen molar-refractivity contribution in [1.82, 2.24) is 9.88 Å². The minimum absolute atomic E-state index is 0.868. The zero-order valence-electron chi connectivity index (χ0n) is 10.2. The van der Waals surface area contributed by atoms with E-state index < -0.39 is 0 Å². The molecule has 6 heteroatoms. The third-order valence-electron chi connectivity index (χ3n) is 2.86. The SMILES string of the molecule is Brc1cnc(NCCCN2CCOCC2)c(Br)c1. The molecule has 4 nitrogen and oxygen atoms in total. The lowest BCUT2D eigenvalue weighted by molar-refractivity contribution is 0.0378. The zero-order valence-corrected chi connectivity index (χ0v) is 13.3. The number of nitrogens with one attached hydrogen (secondary N) is 1. The second kappa shape index (κ2) is 7.43. The summed E-state index contributed by atoms with van der Waals surface area (Å²) in [5.74, 6) is 0.903. The molecule has 0 amide bonds. The molecule has 0 bridgehead atoms. The van der Waals surface area contributed by atoms with Crippen LogP contribution >= 0.6 is 31.9 Å². The Kier molecular flexibility index (Phi) is 5.88. The second-order valence-corrected chi connectivity index (χ2v) is 5.99. The summed E-state index contributed by atoms with van der Waals surface area (Å²) in [5.41, 5.74) is 0. The molecule has 0 spiro atoms. The van der Waals surface area contributed by atoms with Crippen LogP contribution in [0, 0.1) is 0 Å². The van der Waals surface area contributed by atoms with Gasteiger partial charge in [0.05, 0.1) is 17.7 Å². The van der Waals surface area contributed by atoms with Crippen LogP contribution in [0.15, 0.2) is 21.2 Å². The number of morpholine rings is 1. The molecule has 1 saturated heterocycles. The van der Waals surface area contributed by atoms with Crippen molar-refractivity contribution in [2.75, 3.05) is 44.7 Å². The molecule has 0 radical (unpaired) electrons. The van der Waals surface area contributed by atoms with E-state index in [1.807, 2.05) is 6.07 Å². The van der Waals surface area contributed by atoms with Crippen molar-refractivity contribution in [3.05, 3.63) is 21.2 Å². The van der Waals surface area contributed by atoms with Gasteiger partial charge in [0.1, 0.15) is 5.82 Å². The summed E-state index contributed by atoms with van der Waals surface area (Å²) in [6, 6.07) is 2.00. The molecule has 2 rings (SSSR count). The van der Waals surface area contributed by atoms with Crippen LogP contribution in [0.25, 0.3) is 0 Å². The van der Waals surface area contributed by atoms with Gasteiger partial charge in [0.2, 0.25) is 0 Å². The first-order valence-corrected chi connectivity index (χ1v) is 7.69. The van der Waals surface area contributed by atoms with Crippen molar-refractivity contribution < 1.29 is 4.74 Å². The molecule has 0 atom stereocenters. The lowest BCUT2D eigenvalue weighted by Gasteiger charge is -2.26. The van der Waals surface area contributed by atoms with Gasteiger partial charge in [-0.3, -0.25) is 4.90 Å². The van der Waals surface area contributed by atoms with Crippen LogP contribution in [-0.4, -0.2) is 49.3 Å². The van der Waals surface area contributed by atoms with E-state index in [0.29, 0.717) is 0 Å². The number of ether oxygens (including phenoxy) is 1. The van der Waals surface area contributed by atoms with Crippen molar-refractivity contribution in [2.45, 2.75) is 6.42 Å². The largest absolute Gasteiger partial charge is 0.379 e. The lowest BCUT2D eigenvalue weighted by Crippen LogP contribution is -2.37. The highest BCUT2D eigenvalue weighted by Crippen LogP contribution is 2.23. The van der Waals surface area contributed by atoms with Crippen LogP contribution in [0.2, 0.25) is 0 Å². The molecule has 1 aliphatic heterocycles. The second-order valence-electron chi connectivity index (χ2n) is 4.22. The van der Waals surface area contributed by atoms with E-state index in [4.69, 9.17) is 4.74 Å². The Bertz CT molecular complexity index is 384. The van der Waals surface area contributed by atoms with Gasteiger partial charge in [-0.1, -0.05) is 0 Å². The number of nitrogens with zero attached hydrogens (tertiary/aromatic N) is 2. The smallest absolute Gasteiger partial charge is 0.140 e. The number of hydrogen-bond donors (Lipinski definition) is 1. The number of anilines is 1. The molecule has 0 aliphatic carbocycles. The minimum atomic E-state index is 0.868. The van der Waals surface area contributed by atoms with E-state index in [0.717, 1.165) is 60.6 Å². The molecule has 1 aliphatic rings. The maximum absolute atomic E-state index is 5.32. The summed E-state index contributed by atoms with van der Waals surface area (Å²) >= 11 is 6.89. The molecule has 1 fully saturated rings. The molecule has 0 aromatic carbocycles. The van der Waals surface area contributed by atoms with Gasteiger partial charge >= 0.3 is 0 Å². The molecule has 0 unspecified atom stereocenters. The molecular weight excluding hydrogens is 362 g/mol. The van der Waals surface area contributed by atoms with Crippen molar-refractivity contribution in [3.8, 4) is 0 Å². The number of rotatable bonds is 5. The summed E-state index contributed by atoms with van der Waals surface area (Å²) in [5, 5.41) is 3.34. The van der Waals surface area contributed by atoms with Gasteiger partial charge in [0, 0.05) is 30.3 Å². The third kappa shape index (κ3) is 4.50. The summed E-state index contributed by atoms with van der Waals surface area (Å²) in [6.07, 6.45) is 2.92. The zero-order chi connectivity index (χ0) is 12.8. The van der Waals surface area contributed by atoms with Gasteiger partial charge in [0.15, 0.2) is 0 Å². The Morgan fingerprint density at radius 2 is 2.11 bits per heavy atom. The standard InChI is InChI=1S/C12H17Br2N3O/c13-10-8-11(14)12(16-9-10)15-2-1-3-17-4-6-18-7-5-17/h8-9H,1-7H2,(H,15,16). The highest BCUT2D eigenvalue weighted by molar-refractivity contribution is 9.11. The molecule has 1 aromatic heterocycles. The maximum Gasteiger partial charge on any atom is 0.140 e. The molecule has 18 heavy (non-hydrogen) atoms. The van der Waals surface area contributed by atoms with Gasteiger partial charge in [-0.15, -0.1) is 0 Å². The topological polar surface area (TPSA) is 37.4 Å². The van der Waals surface area contributed by atoms with Gasteiger partial charge in [-0.2, -0.15) is 0 Å². The van der Waals surface area contributed by atoms with Crippen LogP contribution in [0.4, 0.5) is 5.82 Å². The van der Waals surface area contributed by atoms with Crippen LogP contribution in [-0.2, 0) is 4.74 Å². The number of pyridine rings is 1. The quantitative estimate of drug-likeness (QED) is 0.799. The number of aromatic nitrogens is 1. The summed E-state index contributed by atoms with van der Waals surface area (Å²) in [4.78, 5) is 6.76. The van der Waals surface area contributed by atoms with Crippen LogP contribution in [0.3, 0.4) is 0 Å². The molecule has 1 aromatic rings. The predicted molar refractivity (Wildman–Crippen MR) is 80.0 cm³/mol. The van der Waals surface area contributed by atoms with E-state index in [1.165, 1.54) is 0 Å². The fourth-order valence-electron chi connectivity index (χ4n) is 1.88. The Morgan fingerprint density at radius 3 is 2.83 bits per heavy atom. The van der Waals surface area contributed by atoms with E-state index in [1.54, 1.807) is 6.20 Å². The summed E-state index contributed by atoms with van der Waals surface area (Å²) in [6.45, 7) is 5.90. The normalized spacial score (nSPS) is 16.8. The first-order chi connectivity index (χ1) is 8.75. The van der Waals surface area contributed by atoms with Gasteiger partial charge in [-0.05, 0) is 50.9 Å². The number of halogens is 2. The van der Waals surface area contributed by atoms with E-state index in [9.17, 15) is 0 Å². The first-order valence-electron chi connectivity index (χ1n) is 6.11. The third-order valence-corrected chi connectivity index (χ3v) is 3.89. The maximum atomic E-state index is 5.32. The van der Waals surface area contributed by atoms with Crippen LogP contribution in [0.5, 0.6) is 0 Å². The average molecular weight is 379 g/mol. The Morgan fingerprint density at radius 1 is 1.33 bits per heavy atom. The van der Waals surface area contributed by atoms with Crippen molar-refractivity contribution in [2.24, 2.45) is 0 Å². The number of hydrogen-bond acceptors (Lipinski definition) is 4. The Balaban J connectivity index is 1.68. The molecule has 0 saturated carbocycles. The average Bonchev–Trinajstić information content (AvgIpc) is 2.38. The molecule has 100 valence electrons. The van der Waals surface area contributed by atoms with Gasteiger partial charge in [0.25, 0.3) is 0 Å². The van der Waals surface area contributed by atoms with Crippen molar-refractivity contribution in [1.29, 1.82) is 0 Å². The van der Waals surface area contributed by atoms with Crippen LogP contribution < -0.4 is 5.32 Å². The highest BCUT2D eigenvalue weighted by atomic mass is 79.9. The predicted octanol–water partition coefficient (Wildman–Crippen LogP) is 2.74. The van der Waals surface area contributed by atoms with Crippen molar-refractivity contribution in [3.63, 3.8) is 0 Å². The van der Waals surface area contributed by atoms with E-state index in [2.05, 4.69) is 47.1 Å². The van der Waals surface area contributed by atoms with E-state index >= 15 is 0 Å². The van der Waals surface area contributed by atoms with Crippen LogP contribution in [0.1, 0.15) is 6.42 Å². The lowest BCUT2D eigenvalue weighted by atomic mass is 10.3. The minimum Gasteiger partial charge on any atom is -0.379 e. The van der Waals surface area contributed by atoms with Gasteiger partial charge in [-0.25, -0.2) is 4.98 Å². The Labute approximate surface area is 124 Å². The fraction of sp³-hybridized carbons (Fsp3) is 0.583. The Hall–Kier alpha value is -0.170. The fourth-order valence-corrected chi connectivity index (χ4v) is 3.01. The molecule has 1 N–H and O–H groups in total. The molecular formula is C12H17Br2N3O. The first kappa shape index (κ1) is 14.2. The summed E-state index contributed by atoms with van der Waals surface area (Å²) < 4.78 is 7.29. The molecule has 2 heterocycles. The van der Waals surface area contributed by atoms with Crippen molar-refractivity contribution >= 4 is 37.7 Å². The summed E-state index contributed by atoms with van der Waals surface area (Å²) in [7, 11) is 0. The monoisotopic (exact) mass is 377 g/mol. The van der Waals surface area contributed by atoms with E-state index in [-0.39, 0.29) is 0 Å².